The van der Waals surface area contributed by atoms with E-state index in [2.05, 4.69) is 10.3 Å². The molecule has 1 heterocycles. The van der Waals surface area contributed by atoms with Crippen LogP contribution in [0.15, 0.2) is 36.9 Å². The molecule has 1 aliphatic rings. The van der Waals surface area contributed by atoms with Crippen molar-refractivity contribution in [3.8, 4) is 5.75 Å². The third-order valence-corrected chi connectivity index (χ3v) is 4.15. The lowest BCUT2D eigenvalue weighted by molar-refractivity contribution is -0.118. The SMILES string of the molecule is C[C@@H](C(=O)Nc1ccc(OC2CCCC2)c(F)c1)n1ccnc1. The van der Waals surface area contributed by atoms with Crippen LogP contribution in [0.4, 0.5) is 10.1 Å². The van der Waals surface area contributed by atoms with E-state index in [1.165, 1.54) is 6.07 Å². The van der Waals surface area contributed by atoms with Gasteiger partial charge >= 0.3 is 0 Å². The highest BCUT2D eigenvalue weighted by Gasteiger charge is 2.19. The Morgan fingerprint density at radius 2 is 2.22 bits per heavy atom. The summed E-state index contributed by atoms with van der Waals surface area (Å²) in [5.41, 5.74) is 0.415. The molecule has 1 aromatic heterocycles. The predicted octanol–water partition coefficient (Wildman–Crippen LogP) is 3.54. The van der Waals surface area contributed by atoms with Gasteiger partial charge in [-0.2, -0.15) is 0 Å². The normalized spacial score (nSPS) is 16.3. The van der Waals surface area contributed by atoms with Gasteiger partial charge in [-0.3, -0.25) is 4.79 Å². The fourth-order valence-corrected chi connectivity index (χ4v) is 2.74. The van der Waals surface area contributed by atoms with Gasteiger partial charge in [-0.15, -0.1) is 0 Å². The molecule has 3 rings (SSSR count). The molecule has 0 spiro atoms. The lowest BCUT2D eigenvalue weighted by Gasteiger charge is -2.16. The Labute approximate surface area is 134 Å². The highest BCUT2D eigenvalue weighted by Crippen LogP contribution is 2.27. The van der Waals surface area contributed by atoms with Gasteiger partial charge in [0.05, 0.1) is 12.4 Å². The first-order chi connectivity index (χ1) is 11.1. The molecule has 0 unspecified atom stereocenters. The fourth-order valence-electron chi connectivity index (χ4n) is 2.74. The van der Waals surface area contributed by atoms with E-state index in [0.29, 0.717) is 5.69 Å². The van der Waals surface area contributed by atoms with Crippen LogP contribution in [-0.4, -0.2) is 21.6 Å². The molecule has 1 atom stereocenters. The number of carbonyl (C=O) groups is 1. The molecule has 0 saturated heterocycles. The highest BCUT2D eigenvalue weighted by molar-refractivity contribution is 5.93. The quantitative estimate of drug-likeness (QED) is 0.917. The second-order valence-corrected chi connectivity index (χ2v) is 5.84. The molecule has 23 heavy (non-hydrogen) atoms. The van der Waals surface area contributed by atoms with Crippen molar-refractivity contribution in [2.75, 3.05) is 5.32 Å². The van der Waals surface area contributed by atoms with Crippen molar-refractivity contribution < 1.29 is 13.9 Å². The number of halogens is 1. The molecule has 0 radical (unpaired) electrons. The maximum Gasteiger partial charge on any atom is 0.247 e. The van der Waals surface area contributed by atoms with Crippen LogP contribution in [0.3, 0.4) is 0 Å². The Morgan fingerprint density at radius 1 is 1.43 bits per heavy atom. The number of hydrogen-bond acceptors (Lipinski definition) is 3. The van der Waals surface area contributed by atoms with Crippen LogP contribution in [0.5, 0.6) is 5.75 Å². The van der Waals surface area contributed by atoms with Gasteiger partial charge in [-0.05, 0) is 44.7 Å². The van der Waals surface area contributed by atoms with Crippen LogP contribution < -0.4 is 10.1 Å². The number of imidazole rings is 1. The van der Waals surface area contributed by atoms with E-state index in [-0.39, 0.29) is 17.8 Å². The summed E-state index contributed by atoms with van der Waals surface area (Å²) in [4.78, 5) is 16.1. The molecule has 6 heteroatoms. The molecule has 2 aromatic rings. The lowest BCUT2D eigenvalue weighted by Crippen LogP contribution is -2.23. The van der Waals surface area contributed by atoms with Crippen molar-refractivity contribution >= 4 is 11.6 Å². The van der Waals surface area contributed by atoms with Gasteiger partial charge in [0, 0.05) is 24.1 Å². The number of nitrogens with zero attached hydrogens (tertiary/aromatic N) is 2. The van der Waals surface area contributed by atoms with E-state index >= 15 is 0 Å². The minimum Gasteiger partial charge on any atom is -0.487 e. The van der Waals surface area contributed by atoms with Crippen LogP contribution in [0, 0.1) is 5.82 Å². The number of hydrogen-bond donors (Lipinski definition) is 1. The molecule has 122 valence electrons. The molecule has 1 N–H and O–H groups in total. The number of anilines is 1. The predicted molar refractivity (Wildman–Crippen MR) is 84.9 cm³/mol. The third kappa shape index (κ3) is 3.70. The molecule has 1 amide bonds. The average molecular weight is 317 g/mol. The van der Waals surface area contributed by atoms with Gasteiger partial charge in [0.2, 0.25) is 5.91 Å². The van der Waals surface area contributed by atoms with E-state index in [4.69, 9.17) is 4.74 Å². The molecular formula is C17H20FN3O2. The van der Waals surface area contributed by atoms with Crippen molar-refractivity contribution in [2.45, 2.75) is 44.8 Å². The third-order valence-electron chi connectivity index (χ3n) is 4.15. The Morgan fingerprint density at radius 3 is 2.87 bits per heavy atom. The Balaban J connectivity index is 1.64. The van der Waals surface area contributed by atoms with Gasteiger partial charge in [-0.1, -0.05) is 0 Å². The van der Waals surface area contributed by atoms with Gasteiger partial charge < -0.3 is 14.6 Å². The van der Waals surface area contributed by atoms with Crippen LogP contribution in [0.1, 0.15) is 38.6 Å². The highest BCUT2D eigenvalue weighted by atomic mass is 19.1. The summed E-state index contributed by atoms with van der Waals surface area (Å²) in [5, 5.41) is 2.71. The number of rotatable bonds is 5. The van der Waals surface area contributed by atoms with E-state index in [9.17, 15) is 9.18 Å². The largest absolute Gasteiger partial charge is 0.487 e. The van der Waals surface area contributed by atoms with Crippen molar-refractivity contribution in [3.05, 3.63) is 42.7 Å². The number of benzene rings is 1. The number of amides is 1. The zero-order valence-corrected chi connectivity index (χ0v) is 13.0. The first-order valence-corrected chi connectivity index (χ1v) is 7.88. The summed E-state index contributed by atoms with van der Waals surface area (Å²) in [5.74, 6) is -0.436. The monoisotopic (exact) mass is 317 g/mol. The van der Waals surface area contributed by atoms with E-state index in [0.717, 1.165) is 25.7 Å². The van der Waals surface area contributed by atoms with Crippen LogP contribution in [0.2, 0.25) is 0 Å². The van der Waals surface area contributed by atoms with E-state index < -0.39 is 11.9 Å². The van der Waals surface area contributed by atoms with Gasteiger partial charge in [0.1, 0.15) is 6.04 Å². The van der Waals surface area contributed by atoms with Crippen LogP contribution in [0.25, 0.3) is 0 Å². The topological polar surface area (TPSA) is 56.1 Å². The second kappa shape index (κ2) is 6.81. The maximum absolute atomic E-state index is 14.1. The van der Waals surface area contributed by atoms with Crippen LogP contribution in [-0.2, 0) is 4.79 Å². The zero-order valence-electron chi connectivity index (χ0n) is 13.0. The summed E-state index contributed by atoms with van der Waals surface area (Å²) in [6.45, 7) is 1.75. The standard InChI is InChI=1S/C17H20FN3O2/c1-12(21-9-8-19-11-21)17(22)20-13-6-7-16(15(18)10-13)23-14-4-2-3-5-14/h6-12,14H,2-5H2,1H3,(H,20,22)/t12-/m0/s1. The van der Waals surface area contributed by atoms with Gasteiger partial charge in [-0.25, -0.2) is 9.37 Å². The minimum atomic E-state index is -0.454. The molecule has 1 aromatic carbocycles. The summed E-state index contributed by atoms with van der Waals surface area (Å²) < 4.78 is 21.5. The molecule has 0 bridgehead atoms. The Hall–Kier alpha value is -2.37. The molecule has 5 nitrogen and oxygen atoms in total. The number of ether oxygens (including phenoxy) is 1. The lowest BCUT2D eigenvalue weighted by atomic mass is 10.2. The zero-order chi connectivity index (χ0) is 16.2. The molecule has 0 aliphatic heterocycles. The smallest absolute Gasteiger partial charge is 0.247 e. The molecular weight excluding hydrogens is 297 g/mol. The summed E-state index contributed by atoms with van der Waals surface area (Å²) in [6, 6.07) is 4.11. The number of carbonyl (C=O) groups excluding carboxylic acids is 1. The number of aromatic nitrogens is 2. The average Bonchev–Trinajstić information content (AvgIpc) is 3.22. The molecule has 1 aliphatic carbocycles. The second-order valence-electron chi connectivity index (χ2n) is 5.84. The van der Waals surface area contributed by atoms with E-state index in [1.807, 2.05) is 0 Å². The molecule has 1 fully saturated rings. The number of nitrogens with one attached hydrogen (secondary N) is 1. The van der Waals surface area contributed by atoms with Crippen molar-refractivity contribution in [3.63, 3.8) is 0 Å². The maximum atomic E-state index is 14.1. The van der Waals surface area contributed by atoms with Gasteiger partial charge in [0.15, 0.2) is 11.6 Å². The summed E-state index contributed by atoms with van der Waals surface area (Å²) >= 11 is 0. The summed E-state index contributed by atoms with van der Waals surface area (Å²) in [6.07, 6.45) is 9.21. The fraction of sp³-hybridized carbons (Fsp3) is 0.412. The Bertz CT molecular complexity index is 666. The summed E-state index contributed by atoms with van der Waals surface area (Å²) in [7, 11) is 0. The first-order valence-electron chi connectivity index (χ1n) is 7.88. The first kappa shape index (κ1) is 15.5. The van der Waals surface area contributed by atoms with Gasteiger partial charge in [0.25, 0.3) is 0 Å². The van der Waals surface area contributed by atoms with Crippen molar-refractivity contribution in [1.29, 1.82) is 0 Å². The molecule has 1 saturated carbocycles. The van der Waals surface area contributed by atoms with Crippen LogP contribution >= 0.6 is 0 Å². The van der Waals surface area contributed by atoms with Crippen molar-refractivity contribution in [2.24, 2.45) is 0 Å². The Kier molecular flexibility index (Phi) is 4.60. The minimum absolute atomic E-state index is 0.103. The van der Waals surface area contributed by atoms with E-state index in [1.54, 1.807) is 42.3 Å². The van der Waals surface area contributed by atoms with Crippen molar-refractivity contribution in [1.82, 2.24) is 9.55 Å².